The summed E-state index contributed by atoms with van der Waals surface area (Å²) in [4.78, 5) is 31.0. The van der Waals surface area contributed by atoms with Gasteiger partial charge in [-0.2, -0.15) is 13.2 Å². The summed E-state index contributed by atoms with van der Waals surface area (Å²) in [6.07, 6.45) is -4.71. The summed E-state index contributed by atoms with van der Waals surface area (Å²) in [5, 5.41) is 18.3. The van der Waals surface area contributed by atoms with Crippen molar-refractivity contribution < 1.29 is 33.0 Å². The molecule has 0 amide bonds. The van der Waals surface area contributed by atoms with Crippen molar-refractivity contribution in [3.63, 3.8) is 0 Å². The highest BCUT2D eigenvalue weighted by atomic mass is 32.1. The average Bonchev–Trinajstić information content (AvgIpc) is 2.70. The topological polar surface area (TPSA) is 99.9 Å². The van der Waals surface area contributed by atoms with Crippen molar-refractivity contribution in [3.8, 4) is 10.6 Å². The number of rotatable bonds is 3. The third kappa shape index (κ3) is 4.10. The smallest absolute Gasteiger partial charge is 0.418 e. The molecule has 2 aromatic rings. The molecule has 2 aliphatic rings. The minimum atomic E-state index is -4.71. The molecule has 31 heavy (non-hydrogen) atoms. The fraction of sp³-hybridized carbons (Fsp3) is 0.0476. The average molecular weight is 444 g/mol. The largest absolute Gasteiger partial charge is 0.478 e. The molecule has 0 aromatic heterocycles. The number of fused-ring (bicyclic) bond motifs is 2. The summed E-state index contributed by atoms with van der Waals surface area (Å²) in [7, 11) is 0. The lowest BCUT2D eigenvalue weighted by Gasteiger charge is -2.14. The van der Waals surface area contributed by atoms with Crippen LogP contribution in [0.3, 0.4) is 0 Å². The molecular weight excluding hydrogens is 433 g/mol. The van der Waals surface area contributed by atoms with E-state index in [0.29, 0.717) is 10.2 Å². The lowest BCUT2D eigenvalue weighted by Crippen LogP contribution is -2.14. The molecule has 2 N–H and O–H groups in total. The van der Waals surface area contributed by atoms with Gasteiger partial charge in [0.2, 0.25) is 0 Å². The SMILES string of the molecule is O=C(O)c1cc(N=c2cc3sc4ccccc4nc-3c(C(F)(F)F)c2)cc(C(=O)O)c1. The van der Waals surface area contributed by atoms with Gasteiger partial charge < -0.3 is 10.2 Å². The van der Waals surface area contributed by atoms with E-state index in [1.807, 2.05) is 0 Å². The van der Waals surface area contributed by atoms with Crippen LogP contribution < -0.4 is 5.36 Å². The summed E-state index contributed by atoms with van der Waals surface area (Å²) in [6, 6.07) is 12.1. The number of alkyl halides is 3. The van der Waals surface area contributed by atoms with Crippen LogP contribution >= 0.6 is 11.3 Å². The van der Waals surface area contributed by atoms with E-state index in [9.17, 15) is 33.0 Å². The predicted molar refractivity (Wildman–Crippen MR) is 107 cm³/mol. The second kappa shape index (κ2) is 7.47. The first kappa shape index (κ1) is 20.5. The first-order valence-electron chi connectivity index (χ1n) is 8.69. The fourth-order valence-corrected chi connectivity index (χ4v) is 4.05. The minimum absolute atomic E-state index is 0.0940. The number of nitrogens with zero attached hydrogens (tertiary/aromatic N) is 2. The lowest BCUT2D eigenvalue weighted by molar-refractivity contribution is -0.137. The van der Waals surface area contributed by atoms with Crippen LogP contribution in [0.4, 0.5) is 18.9 Å². The maximum absolute atomic E-state index is 13.7. The van der Waals surface area contributed by atoms with E-state index in [1.165, 1.54) is 6.07 Å². The predicted octanol–water partition coefficient (Wildman–Crippen LogP) is 5.05. The van der Waals surface area contributed by atoms with Gasteiger partial charge >= 0.3 is 18.1 Å². The number of hydrogen-bond donors (Lipinski definition) is 2. The van der Waals surface area contributed by atoms with Gasteiger partial charge in [-0.25, -0.2) is 19.6 Å². The number of halogens is 3. The van der Waals surface area contributed by atoms with Crippen molar-refractivity contribution in [1.29, 1.82) is 0 Å². The van der Waals surface area contributed by atoms with Crippen LogP contribution in [0.2, 0.25) is 0 Å². The molecule has 0 fully saturated rings. The Hall–Kier alpha value is -3.79. The van der Waals surface area contributed by atoms with Crippen LogP contribution in [0.15, 0.2) is 59.6 Å². The zero-order valence-electron chi connectivity index (χ0n) is 15.3. The molecule has 0 saturated heterocycles. The number of carbonyl (C=O) groups is 2. The number of aromatic carboxylic acids is 2. The highest BCUT2D eigenvalue weighted by molar-refractivity contribution is 7.21. The second-order valence-electron chi connectivity index (χ2n) is 6.51. The van der Waals surface area contributed by atoms with Gasteiger partial charge in [-0.05, 0) is 42.5 Å². The molecule has 1 aliphatic carbocycles. The van der Waals surface area contributed by atoms with Gasteiger partial charge in [0, 0.05) is 0 Å². The highest BCUT2D eigenvalue weighted by Crippen LogP contribution is 2.39. The molecule has 0 unspecified atom stereocenters. The van der Waals surface area contributed by atoms with Gasteiger partial charge in [0.25, 0.3) is 0 Å². The Morgan fingerprint density at radius 1 is 0.935 bits per heavy atom. The van der Waals surface area contributed by atoms with Crippen LogP contribution in [-0.4, -0.2) is 27.1 Å². The molecule has 4 rings (SSSR count). The summed E-state index contributed by atoms with van der Waals surface area (Å²) in [6.45, 7) is 0. The number of carboxylic acids is 2. The van der Waals surface area contributed by atoms with Crippen molar-refractivity contribution in [1.82, 2.24) is 4.98 Å². The van der Waals surface area contributed by atoms with E-state index in [0.717, 1.165) is 35.6 Å². The van der Waals surface area contributed by atoms with Crippen molar-refractivity contribution in [2.24, 2.45) is 4.99 Å². The monoisotopic (exact) mass is 444 g/mol. The van der Waals surface area contributed by atoms with Gasteiger partial charge in [0.15, 0.2) is 0 Å². The fourth-order valence-electron chi connectivity index (χ4n) is 3.01. The Bertz CT molecular complexity index is 1360. The maximum Gasteiger partial charge on any atom is 0.418 e. The summed E-state index contributed by atoms with van der Waals surface area (Å²) >= 11 is 1.11. The molecule has 0 atom stereocenters. The van der Waals surface area contributed by atoms with Crippen LogP contribution in [0.5, 0.6) is 0 Å². The molecule has 156 valence electrons. The Morgan fingerprint density at radius 2 is 1.58 bits per heavy atom. The van der Waals surface area contributed by atoms with E-state index in [1.54, 1.807) is 24.3 Å². The third-order valence-corrected chi connectivity index (χ3v) is 5.45. The molecule has 1 aliphatic heterocycles. The number of benzene rings is 3. The first-order valence-corrected chi connectivity index (χ1v) is 9.51. The molecule has 6 nitrogen and oxygen atoms in total. The van der Waals surface area contributed by atoms with Crippen molar-refractivity contribution in [3.05, 3.63) is 76.6 Å². The van der Waals surface area contributed by atoms with Gasteiger partial charge in [0.1, 0.15) is 0 Å². The van der Waals surface area contributed by atoms with Crippen molar-refractivity contribution >= 4 is 39.2 Å². The summed E-state index contributed by atoms with van der Waals surface area (Å²) in [5.41, 5.74) is -1.56. The molecule has 10 heteroatoms. The molecule has 0 radical (unpaired) electrons. The highest BCUT2D eigenvalue weighted by Gasteiger charge is 2.35. The number of carboxylic acid groups (broad SMARTS) is 2. The van der Waals surface area contributed by atoms with E-state index in [-0.39, 0.29) is 32.7 Å². The van der Waals surface area contributed by atoms with E-state index in [4.69, 9.17) is 0 Å². The molecule has 0 spiro atoms. The van der Waals surface area contributed by atoms with Crippen LogP contribution in [0, 0.1) is 0 Å². The Kier molecular flexibility index (Phi) is 4.94. The van der Waals surface area contributed by atoms with Gasteiger partial charge in [0.05, 0.1) is 48.5 Å². The zero-order valence-corrected chi connectivity index (χ0v) is 16.2. The van der Waals surface area contributed by atoms with Crippen LogP contribution in [-0.2, 0) is 6.18 Å². The first-order chi connectivity index (χ1) is 14.6. The van der Waals surface area contributed by atoms with Crippen molar-refractivity contribution in [2.45, 2.75) is 6.18 Å². The Balaban J connectivity index is 2.01. The molecule has 1 heterocycles. The normalized spacial score (nSPS) is 12.4. The Morgan fingerprint density at radius 3 is 2.19 bits per heavy atom. The summed E-state index contributed by atoms with van der Waals surface area (Å²) in [5.74, 6) is -2.76. The van der Waals surface area contributed by atoms with Gasteiger partial charge in [-0.3, -0.25) is 0 Å². The molecule has 0 bridgehead atoms. The number of para-hydroxylation sites is 1. The van der Waals surface area contributed by atoms with E-state index in [2.05, 4.69) is 9.98 Å². The van der Waals surface area contributed by atoms with E-state index >= 15 is 0 Å². The number of hydrogen-bond acceptors (Lipinski definition) is 5. The van der Waals surface area contributed by atoms with E-state index < -0.39 is 23.7 Å². The quantitative estimate of drug-likeness (QED) is 0.431. The second-order valence-corrected chi connectivity index (χ2v) is 7.59. The van der Waals surface area contributed by atoms with Crippen molar-refractivity contribution in [2.75, 3.05) is 0 Å². The maximum atomic E-state index is 13.7. The lowest BCUT2D eigenvalue weighted by atomic mass is 10.1. The molecule has 2 aromatic carbocycles. The summed E-state index contributed by atoms with van der Waals surface area (Å²) < 4.78 is 41.9. The van der Waals surface area contributed by atoms with Gasteiger partial charge in [-0.15, -0.1) is 11.3 Å². The van der Waals surface area contributed by atoms with Crippen LogP contribution in [0.25, 0.3) is 20.8 Å². The molecular formula is C21H11F3N2O4S. The van der Waals surface area contributed by atoms with Crippen LogP contribution in [0.1, 0.15) is 26.3 Å². The minimum Gasteiger partial charge on any atom is -0.478 e. The third-order valence-electron chi connectivity index (χ3n) is 4.35. The van der Waals surface area contributed by atoms with Gasteiger partial charge in [-0.1, -0.05) is 12.1 Å². The standard InChI is InChI=1S/C21H11F3N2O4S/c22-21(23,24)14-8-13(9-17-18(14)26-15-3-1-2-4-16(15)31-17)25-12-6-10(19(27)28)5-11(7-12)20(29)30/h1-9H,(H,27,28)(H,29,30). The Labute approximate surface area is 175 Å². The number of aromatic nitrogens is 1. The molecule has 0 saturated carbocycles. The zero-order chi connectivity index (χ0) is 22.3.